The number of carboxylic acid groups (broad SMARTS) is 1. The first-order valence-electron chi connectivity index (χ1n) is 4.58. The second-order valence-corrected chi connectivity index (χ2v) is 3.49. The molecule has 1 heterocycles. The van der Waals surface area contributed by atoms with Gasteiger partial charge in [0.1, 0.15) is 0 Å². The fraction of sp³-hybridized carbons (Fsp3) is 0.889. The highest BCUT2D eigenvalue weighted by Crippen LogP contribution is 2.21. The molecule has 0 aromatic carbocycles. The molecule has 0 bridgehead atoms. The normalized spacial score (nSPS) is 30.3. The highest BCUT2D eigenvalue weighted by molar-refractivity contribution is 5.66. The molecule has 0 radical (unpaired) electrons. The minimum atomic E-state index is -0.751. The summed E-state index contributed by atoms with van der Waals surface area (Å²) < 4.78 is 10.7. The molecule has 0 saturated carbocycles. The Morgan fingerprint density at radius 1 is 1.69 bits per heavy atom. The van der Waals surface area contributed by atoms with E-state index in [1.807, 2.05) is 13.8 Å². The maximum Gasteiger partial charge on any atom is 0.303 e. The van der Waals surface area contributed by atoms with Gasteiger partial charge in [-0.15, -0.1) is 0 Å². The van der Waals surface area contributed by atoms with Crippen LogP contribution in [-0.4, -0.2) is 30.1 Å². The summed E-state index contributed by atoms with van der Waals surface area (Å²) in [7, 11) is 0. The quantitative estimate of drug-likeness (QED) is 0.721. The lowest BCUT2D eigenvalue weighted by atomic mass is 10.00. The highest BCUT2D eigenvalue weighted by atomic mass is 16.7. The highest BCUT2D eigenvalue weighted by Gasteiger charge is 2.27. The van der Waals surface area contributed by atoms with Gasteiger partial charge in [0, 0.05) is 6.42 Å². The van der Waals surface area contributed by atoms with Crippen molar-refractivity contribution in [2.75, 3.05) is 6.61 Å². The number of carboxylic acids is 1. The lowest BCUT2D eigenvalue weighted by molar-refractivity contribution is -0.137. The minimum Gasteiger partial charge on any atom is -0.481 e. The van der Waals surface area contributed by atoms with Crippen LogP contribution in [0, 0.1) is 5.92 Å². The molecular weight excluding hydrogens is 172 g/mol. The van der Waals surface area contributed by atoms with Crippen molar-refractivity contribution in [3.63, 3.8) is 0 Å². The van der Waals surface area contributed by atoms with Crippen molar-refractivity contribution in [1.82, 2.24) is 0 Å². The van der Waals surface area contributed by atoms with E-state index in [-0.39, 0.29) is 24.7 Å². The number of aliphatic carboxylic acids is 1. The Balaban J connectivity index is 2.23. The van der Waals surface area contributed by atoms with E-state index in [1.165, 1.54) is 0 Å². The molecule has 4 nitrogen and oxygen atoms in total. The summed E-state index contributed by atoms with van der Waals surface area (Å²) in [5.74, 6) is -0.500. The molecule has 4 heteroatoms. The molecule has 0 aliphatic carbocycles. The van der Waals surface area contributed by atoms with Crippen molar-refractivity contribution in [2.45, 2.75) is 39.1 Å². The molecule has 13 heavy (non-hydrogen) atoms. The molecule has 1 aliphatic heterocycles. The fourth-order valence-corrected chi connectivity index (χ4v) is 1.39. The number of carbonyl (C=O) groups is 1. The number of hydrogen-bond acceptors (Lipinski definition) is 3. The van der Waals surface area contributed by atoms with Crippen LogP contribution in [0.5, 0.6) is 0 Å². The van der Waals surface area contributed by atoms with Gasteiger partial charge in [-0.25, -0.2) is 0 Å². The van der Waals surface area contributed by atoms with Crippen LogP contribution < -0.4 is 0 Å². The average Bonchev–Trinajstić information content (AvgIpc) is 2.47. The molecule has 1 N–H and O–H groups in total. The summed E-state index contributed by atoms with van der Waals surface area (Å²) in [6.07, 6.45) is 0.775. The Morgan fingerprint density at radius 2 is 2.38 bits per heavy atom. The topological polar surface area (TPSA) is 55.8 Å². The lowest BCUT2D eigenvalue weighted by Gasteiger charge is -2.16. The zero-order chi connectivity index (χ0) is 9.84. The third-order valence-corrected chi connectivity index (χ3v) is 2.31. The van der Waals surface area contributed by atoms with Crippen molar-refractivity contribution < 1.29 is 19.4 Å². The molecule has 0 spiro atoms. The second-order valence-electron chi connectivity index (χ2n) is 3.49. The molecule has 1 fully saturated rings. The average molecular weight is 188 g/mol. The molecule has 3 unspecified atom stereocenters. The van der Waals surface area contributed by atoms with Gasteiger partial charge in [0.25, 0.3) is 0 Å². The number of rotatable bonds is 4. The Labute approximate surface area is 77.8 Å². The summed E-state index contributed by atoms with van der Waals surface area (Å²) in [6.45, 7) is 4.43. The summed E-state index contributed by atoms with van der Waals surface area (Å²) >= 11 is 0. The van der Waals surface area contributed by atoms with Gasteiger partial charge in [0.05, 0.1) is 12.7 Å². The molecule has 3 atom stereocenters. The molecule has 1 rings (SSSR count). The Morgan fingerprint density at radius 3 is 2.85 bits per heavy atom. The molecule has 76 valence electrons. The van der Waals surface area contributed by atoms with Gasteiger partial charge in [0.2, 0.25) is 0 Å². The van der Waals surface area contributed by atoms with E-state index in [9.17, 15) is 4.79 Å². The second kappa shape index (κ2) is 4.58. The number of hydrogen-bond donors (Lipinski definition) is 1. The largest absolute Gasteiger partial charge is 0.481 e. The van der Waals surface area contributed by atoms with Crippen molar-refractivity contribution >= 4 is 5.97 Å². The van der Waals surface area contributed by atoms with Crippen molar-refractivity contribution in [2.24, 2.45) is 5.92 Å². The van der Waals surface area contributed by atoms with Crippen LogP contribution in [0.3, 0.4) is 0 Å². The van der Waals surface area contributed by atoms with Gasteiger partial charge in [-0.1, -0.05) is 6.92 Å². The Kier molecular flexibility index (Phi) is 3.69. The first kappa shape index (κ1) is 10.5. The van der Waals surface area contributed by atoms with E-state index >= 15 is 0 Å². The SMILES string of the molecule is CC1OCC(C(C)CCC(=O)O)O1. The van der Waals surface area contributed by atoms with E-state index < -0.39 is 5.97 Å². The summed E-state index contributed by atoms with van der Waals surface area (Å²) in [5, 5.41) is 8.49. The lowest BCUT2D eigenvalue weighted by Crippen LogP contribution is -2.21. The van der Waals surface area contributed by atoms with E-state index in [0.29, 0.717) is 13.0 Å². The van der Waals surface area contributed by atoms with Gasteiger partial charge >= 0.3 is 5.97 Å². The van der Waals surface area contributed by atoms with Gasteiger partial charge in [-0.2, -0.15) is 0 Å². The third-order valence-electron chi connectivity index (χ3n) is 2.31. The van der Waals surface area contributed by atoms with Crippen LogP contribution in [0.4, 0.5) is 0 Å². The smallest absolute Gasteiger partial charge is 0.303 e. The van der Waals surface area contributed by atoms with Crippen LogP contribution in [-0.2, 0) is 14.3 Å². The summed E-state index contributed by atoms with van der Waals surface area (Å²) in [6, 6.07) is 0. The molecule has 0 aromatic heterocycles. The predicted octanol–water partition coefficient (Wildman–Crippen LogP) is 1.25. The van der Waals surface area contributed by atoms with Crippen molar-refractivity contribution in [3.8, 4) is 0 Å². The van der Waals surface area contributed by atoms with Gasteiger partial charge < -0.3 is 14.6 Å². The van der Waals surface area contributed by atoms with Crippen molar-refractivity contribution in [3.05, 3.63) is 0 Å². The first-order chi connectivity index (χ1) is 6.09. The van der Waals surface area contributed by atoms with Gasteiger partial charge in [0.15, 0.2) is 6.29 Å². The molecule has 1 aliphatic rings. The minimum absolute atomic E-state index is 0.0642. The predicted molar refractivity (Wildman–Crippen MR) is 46.3 cm³/mol. The third kappa shape index (κ3) is 3.32. The van der Waals surface area contributed by atoms with Crippen LogP contribution in [0.25, 0.3) is 0 Å². The van der Waals surface area contributed by atoms with E-state index in [2.05, 4.69) is 0 Å². The molecular formula is C9H16O4. The molecule has 0 amide bonds. The van der Waals surface area contributed by atoms with Gasteiger partial charge in [-0.05, 0) is 19.3 Å². The summed E-state index contributed by atoms with van der Waals surface area (Å²) in [5.41, 5.74) is 0. The van der Waals surface area contributed by atoms with Crippen molar-refractivity contribution in [1.29, 1.82) is 0 Å². The molecule has 0 aromatic rings. The maximum atomic E-state index is 10.3. The van der Waals surface area contributed by atoms with Crippen LogP contribution in [0.1, 0.15) is 26.7 Å². The Hall–Kier alpha value is -0.610. The molecule has 1 saturated heterocycles. The summed E-state index contributed by atoms with van der Waals surface area (Å²) in [4.78, 5) is 10.3. The maximum absolute atomic E-state index is 10.3. The Bertz CT molecular complexity index is 180. The monoisotopic (exact) mass is 188 g/mol. The number of ether oxygens (including phenoxy) is 2. The fourth-order valence-electron chi connectivity index (χ4n) is 1.39. The van der Waals surface area contributed by atoms with Crippen LogP contribution >= 0.6 is 0 Å². The zero-order valence-electron chi connectivity index (χ0n) is 8.03. The standard InChI is InChI=1S/C9H16O4/c1-6(3-4-9(10)11)8-5-12-7(2)13-8/h6-8H,3-5H2,1-2H3,(H,10,11). The zero-order valence-corrected chi connectivity index (χ0v) is 8.03. The van der Waals surface area contributed by atoms with Crippen LogP contribution in [0.15, 0.2) is 0 Å². The van der Waals surface area contributed by atoms with E-state index in [1.54, 1.807) is 0 Å². The van der Waals surface area contributed by atoms with E-state index in [0.717, 1.165) is 0 Å². The van der Waals surface area contributed by atoms with Crippen LogP contribution in [0.2, 0.25) is 0 Å². The van der Waals surface area contributed by atoms with E-state index in [4.69, 9.17) is 14.6 Å². The van der Waals surface area contributed by atoms with Gasteiger partial charge in [-0.3, -0.25) is 4.79 Å². The first-order valence-corrected chi connectivity index (χ1v) is 4.58.